The molecular weight excluding hydrogens is 752 g/mol. The summed E-state index contributed by atoms with van der Waals surface area (Å²) in [6.07, 6.45) is 1.88. The minimum Gasteiger partial charge on any atom is -0.506 e. The largest absolute Gasteiger partial charge is 0.506 e. The summed E-state index contributed by atoms with van der Waals surface area (Å²) in [6, 6.07) is 16.6. The first-order valence-electron chi connectivity index (χ1n) is 17.6. The van der Waals surface area contributed by atoms with Crippen LogP contribution in [0.2, 0.25) is 5.02 Å². The van der Waals surface area contributed by atoms with E-state index in [2.05, 4.69) is 20.5 Å². The number of nitrogens with one attached hydrogen (secondary N) is 3. The lowest BCUT2D eigenvalue weighted by Crippen LogP contribution is -2.42. The van der Waals surface area contributed by atoms with Crippen molar-refractivity contribution in [2.24, 2.45) is 0 Å². The lowest BCUT2D eigenvalue weighted by molar-refractivity contribution is -0.169. The van der Waals surface area contributed by atoms with Gasteiger partial charge in [0.05, 0.1) is 39.2 Å². The number of fused-ring (bicyclic) bond motifs is 1. The van der Waals surface area contributed by atoms with E-state index in [1.54, 1.807) is 48.5 Å². The number of phenols is 1. The maximum Gasteiger partial charge on any atom is 0.349 e. The van der Waals surface area contributed by atoms with E-state index < -0.39 is 17.7 Å². The average molecular weight is 795 g/mol. The number of esters is 1. The van der Waals surface area contributed by atoms with Gasteiger partial charge >= 0.3 is 5.97 Å². The summed E-state index contributed by atoms with van der Waals surface area (Å²) in [5, 5.41) is 43.2. The summed E-state index contributed by atoms with van der Waals surface area (Å²) in [6.45, 7) is 0.980. The third-order valence-electron chi connectivity index (χ3n) is 9.85. The Morgan fingerprint density at radius 2 is 1.76 bits per heavy atom. The molecule has 1 atom stereocenters. The van der Waals surface area contributed by atoms with E-state index in [1.165, 1.54) is 41.9 Å². The van der Waals surface area contributed by atoms with Gasteiger partial charge in [0.25, 0.3) is 0 Å². The van der Waals surface area contributed by atoms with E-state index in [4.69, 9.17) is 21.1 Å². The van der Waals surface area contributed by atoms with Crippen LogP contribution >= 0.6 is 34.3 Å². The second-order valence-corrected chi connectivity index (χ2v) is 15.7. The van der Waals surface area contributed by atoms with Crippen molar-refractivity contribution in [3.8, 4) is 11.5 Å². The fourth-order valence-corrected chi connectivity index (χ4v) is 8.77. The monoisotopic (exact) mass is 794 g/mol. The number of phenolic OH excluding ortho intramolecular Hbond substituents is 1. The molecule has 2 aromatic carbocycles. The molecule has 0 aliphatic heterocycles. The van der Waals surface area contributed by atoms with Crippen LogP contribution in [0.5, 0.6) is 11.5 Å². The number of halogens is 1. The number of aromatic nitrogens is 1. The molecule has 3 heterocycles. The van der Waals surface area contributed by atoms with Crippen LogP contribution in [-0.4, -0.2) is 76.5 Å². The van der Waals surface area contributed by atoms with Gasteiger partial charge < -0.3 is 45.3 Å². The summed E-state index contributed by atoms with van der Waals surface area (Å²) in [5.74, 6) is -0.436. The number of aliphatic hydroxyl groups is 2. The Bertz CT molecular complexity index is 2080. The highest BCUT2D eigenvalue weighted by Crippen LogP contribution is 2.38. The van der Waals surface area contributed by atoms with E-state index in [9.17, 15) is 29.7 Å². The van der Waals surface area contributed by atoms with Crippen LogP contribution in [0.25, 0.3) is 10.9 Å². The van der Waals surface area contributed by atoms with Crippen molar-refractivity contribution in [3.05, 3.63) is 108 Å². The molecule has 286 valence electrons. The number of thiophene rings is 2. The number of carbonyl (C=O) groups is 2. The maximum atomic E-state index is 13.4. The zero-order chi connectivity index (χ0) is 38.4. The number of nitrogens with zero attached hydrogens (tertiary/aromatic N) is 1. The second kappa shape index (κ2) is 17.5. The first kappa shape index (κ1) is 39.4. The van der Waals surface area contributed by atoms with E-state index in [0.717, 1.165) is 18.4 Å². The zero-order valence-corrected chi connectivity index (χ0v) is 32.2. The second-order valence-electron chi connectivity index (χ2n) is 13.4. The molecule has 6 N–H and O–H groups in total. The first-order valence-corrected chi connectivity index (χ1v) is 19.7. The molecule has 1 fully saturated rings. The molecule has 0 saturated heterocycles. The number of hydrogen-bond acceptors (Lipinski definition) is 12. The molecule has 1 aliphatic carbocycles. The summed E-state index contributed by atoms with van der Waals surface area (Å²) >= 11 is 9.23. The van der Waals surface area contributed by atoms with Crippen LogP contribution < -0.4 is 20.9 Å². The number of pyridine rings is 1. The van der Waals surface area contributed by atoms with Gasteiger partial charge in [-0.05, 0) is 79.4 Å². The Kier molecular flexibility index (Phi) is 12.7. The highest BCUT2D eigenvalue weighted by molar-refractivity contribution is 7.12. The number of methoxy groups -OCH3 is 1. The van der Waals surface area contributed by atoms with Gasteiger partial charge in [0.15, 0.2) is 0 Å². The number of aromatic amines is 1. The molecule has 3 aromatic heterocycles. The Morgan fingerprint density at radius 1 is 1.06 bits per heavy atom. The van der Waals surface area contributed by atoms with Crippen LogP contribution in [0.4, 0.5) is 5.69 Å². The molecule has 15 heteroatoms. The Labute approximate surface area is 325 Å². The number of aromatic hydroxyl groups is 1. The highest BCUT2D eigenvalue weighted by atomic mass is 35.5. The third kappa shape index (κ3) is 8.81. The predicted molar refractivity (Wildman–Crippen MR) is 211 cm³/mol. The predicted octanol–water partition coefficient (Wildman–Crippen LogP) is 5.89. The smallest absolute Gasteiger partial charge is 0.349 e. The van der Waals surface area contributed by atoms with Gasteiger partial charge in [0, 0.05) is 55.2 Å². The average Bonchev–Trinajstić information content (AvgIpc) is 3.92. The van der Waals surface area contributed by atoms with Crippen molar-refractivity contribution < 1.29 is 34.4 Å². The number of H-pyrrole nitrogens is 1. The van der Waals surface area contributed by atoms with E-state index in [0.29, 0.717) is 63.1 Å². The Morgan fingerprint density at radius 3 is 2.41 bits per heavy atom. The lowest BCUT2D eigenvalue weighted by atomic mass is 9.91. The van der Waals surface area contributed by atoms with E-state index in [-0.39, 0.29) is 47.8 Å². The van der Waals surface area contributed by atoms with Crippen molar-refractivity contribution in [1.82, 2.24) is 15.2 Å². The normalized spacial score (nSPS) is 16.7. The van der Waals surface area contributed by atoms with Gasteiger partial charge in [-0.2, -0.15) is 0 Å². The Hall–Kier alpha value is -4.28. The van der Waals surface area contributed by atoms with Crippen LogP contribution in [-0.2, 0) is 26.5 Å². The number of ether oxygens (including phenoxy) is 2. The summed E-state index contributed by atoms with van der Waals surface area (Å²) in [7, 11) is 3.51. The minimum atomic E-state index is -1.83. The number of benzene rings is 2. The molecule has 1 aliphatic rings. The molecule has 0 spiro atoms. The van der Waals surface area contributed by atoms with Gasteiger partial charge in [-0.3, -0.25) is 9.59 Å². The minimum absolute atomic E-state index is 0.0829. The molecule has 6 rings (SSSR count). The molecule has 0 bridgehead atoms. The number of aliphatic hydroxyl groups excluding tert-OH is 1. The number of hydrogen-bond donors (Lipinski definition) is 6. The fraction of sp³-hybridized carbons (Fsp3) is 0.359. The van der Waals surface area contributed by atoms with Crippen LogP contribution in [0.1, 0.15) is 59.1 Å². The number of anilines is 1. The third-order valence-corrected chi connectivity index (χ3v) is 12.1. The quantitative estimate of drug-likeness (QED) is 0.0702. The van der Waals surface area contributed by atoms with Gasteiger partial charge in [-0.25, -0.2) is 4.79 Å². The number of rotatable bonds is 15. The molecule has 54 heavy (non-hydrogen) atoms. The zero-order valence-electron chi connectivity index (χ0n) is 29.8. The first-order chi connectivity index (χ1) is 26.0. The molecule has 12 nitrogen and oxygen atoms in total. The van der Waals surface area contributed by atoms with Gasteiger partial charge in [0.2, 0.25) is 17.1 Å². The van der Waals surface area contributed by atoms with Crippen molar-refractivity contribution >= 4 is 62.7 Å². The Balaban J connectivity index is 0.965. The van der Waals surface area contributed by atoms with Gasteiger partial charge in [-0.1, -0.05) is 29.8 Å². The summed E-state index contributed by atoms with van der Waals surface area (Å²) < 4.78 is 11.5. The molecule has 0 unspecified atom stereocenters. The van der Waals surface area contributed by atoms with E-state index >= 15 is 0 Å². The molecular formula is C39H43ClN4O8S2. The van der Waals surface area contributed by atoms with Gasteiger partial charge in [-0.15, -0.1) is 22.7 Å². The maximum absolute atomic E-state index is 13.4. The van der Waals surface area contributed by atoms with E-state index in [1.807, 2.05) is 17.8 Å². The molecule has 5 aromatic rings. The summed E-state index contributed by atoms with van der Waals surface area (Å²) in [5.41, 5.74) is -0.241. The number of amides is 1. The standard InChI is InChI=1S/C39H43ClN4O8S2/c1-44(24-7-9-25(10-8-24)52-38(49)39(50,33-5-3-17-53-33)34-6-4-18-54-34)16-15-36(48)42-29-20-32(51-2)23(19-28(29)40)21-41-22-31(46)26-11-13-30(45)37-27(26)12-14-35(47)43-37/h3-6,11-14,17-20,24-25,31,41,45-46,50H,7-10,15-16,21-22H2,1-2H3,(H,42,48)(H,43,47)/t24?,25?,31-/m1/s1. The van der Waals surface area contributed by atoms with Crippen LogP contribution in [0, 0.1) is 0 Å². The molecule has 0 radical (unpaired) electrons. The summed E-state index contributed by atoms with van der Waals surface area (Å²) in [4.78, 5) is 43.9. The van der Waals surface area contributed by atoms with Crippen molar-refractivity contribution in [1.29, 1.82) is 0 Å². The van der Waals surface area contributed by atoms with Gasteiger partial charge in [0.1, 0.15) is 17.6 Å². The SMILES string of the molecule is COc1cc(NC(=O)CCN(C)C2CCC(OC(=O)C(O)(c3cccs3)c3cccs3)CC2)c(Cl)cc1CNC[C@@H](O)c1ccc(O)c2[nH]c(=O)ccc12. The highest BCUT2D eigenvalue weighted by Gasteiger charge is 2.45. The van der Waals surface area contributed by atoms with Crippen molar-refractivity contribution in [2.45, 2.75) is 62.5 Å². The van der Waals surface area contributed by atoms with Crippen molar-refractivity contribution in [2.75, 3.05) is 32.6 Å². The lowest BCUT2D eigenvalue weighted by Gasteiger charge is -2.35. The fourth-order valence-electron chi connectivity index (χ4n) is 6.83. The number of carbonyl (C=O) groups excluding carboxylic acids is 2. The van der Waals surface area contributed by atoms with Crippen molar-refractivity contribution in [3.63, 3.8) is 0 Å². The van der Waals surface area contributed by atoms with Crippen LogP contribution in [0.15, 0.2) is 76.2 Å². The van der Waals surface area contributed by atoms with Crippen LogP contribution in [0.3, 0.4) is 0 Å². The molecule has 1 amide bonds. The topological polar surface area (TPSA) is 173 Å². The molecule has 1 saturated carbocycles.